The number of rotatable bonds is 4. The van der Waals surface area contributed by atoms with Gasteiger partial charge in [0.05, 0.1) is 17.4 Å². The maximum Gasteiger partial charge on any atom is 0.422 e. The summed E-state index contributed by atoms with van der Waals surface area (Å²) in [6, 6.07) is 0.881. The first-order valence-corrected chi connectivity index (χ1v) is 6.34. The van der Waals surface area contributed by atoms with Gasteiger partial charge in [0.15, 0.2) is 23.3 Å². The number of hydrogen-bond donors (Lipinski definition) is 1. The van der Waals surface area contributed by atoms with E-state index in [4.69, 9.17) is 0 Å². The van der Waals surface area contributed by atoms with Gasteiger partial charge in [0.1, 0.15) is 17.8 Å². The Kier molecular flexibility index (Phi) is 4.86. The average molecular weight is 386 g/mol. The number of alkyl halides is 3. The molecule has 0 saturated carbocycles. The maximum absolute atomic E-state index is 13.6. The molecule has 1 aromatic carbocycles. The second-order valence-electron chi connectivity index (χ2n) is 4.68. The van der Waals surface area contributed by atoms with Gasteiger partial charge in [-0.2, -0.15) is 17.9 Å². The molecule has 1 amide bonds. The van der Waals surface area contributed by atoms with Crippen molar-refractivity contribution in [3.05, 3.63) is 51.2 Å². The lowest BCUT2D eigenvalue weighted by Gasteiger charge is -2.14. The summed E-state index contributed by atoms with van der Waals surface area (Å²) in [5.74, 6) is -12.4. The first kappa shape index (κ1) is 19.1. The minimum absolute atomic E-state index is 0.653. The number of amides is 1. The van der Waals surface area contributed by atoms with Crippen LogP contribution in [-0.4, -0.2) is 20.6 Å². The van der Waals surface area contributed by atoms with E-state index in [1.54, 1.807) is 0 Å². The summed E-state index contributed by atoms with van der Waals surface area (Å²) in [4.78, 5) is 21.1. The number of nitrogens with one attached hydrogen (secondary N) is 1. The standard InChI is InChI=1S/C12H5F7N4O3/c13-7-6(12(17,18)19)8(14)10(16)11(9(7)15)20-5(24)3-22-2-1-4(21-22)23(25)26/h1-2H,3H2,(H,20,24). The van der Waals surface area contributed by atoms with Crippen molar-refractivity contribution in [3.8, 4) is 0 Å². The van der Waals surface area contributed by atoms with E-state index in [9.17, 15) is 45.6 Å². The van der Waals surface area contributed by atoms with Crippen molar-refractivity contribution in [3.63, 3.8) is 0 Å². The van der Waals surface area contributed by atoms with Crippen LogP contribution in [0.2, 0.25) is 0 Å². The predicted molar refractivity (Wildman–Crippen MR) is 68.8 cm³/mol. The van der Waals surface area contributed by atoms with Crippen LogP contribution < -0.4 is 5.32 Å². The van der Waals surface area contributed by atoms with Crippen molar-refractivity contribution in [2.45, 2.75) is 12.7 Å². The number of nitrogens with zero attached hydrogens (tertiary/aromatic N) is 3. The second kappa shape index (κ2) is 6.61. The molecular formula is C12H5F7N4O3. The van der Waals surface area contributed by atoms with E-state index in [2.05, 4.69) is 5.10 Å². The van der Waals surface area contributed by atoms with Crippen LogP contribution in [0.1, 0.15) is 5.56 Å². The van der Waals surface area contributed by atoms with Crippen LogP contribution in [0.4, 0.5) is 42.2 Å². The lowest BCUT2D eigenvalue weighted by atomic mass is 10.1. The van der Waals surface area contributed by atoms with Crippen molar-refractivity contribution >= 4 is 17.4 Å². The molecule has 2 aromatic rings. The highest BCUT2D eigenvalue weighted by molar-refractivity contribution is 5.90. The Balaban J connectivity index is 2.31. The van der Waals surface area contributed by atoms with Crippen molar-refractivity contribution in [2.75, 3.05) is 5.32 Å². The minimum Gasteiger partial charge on any atom is -0.358 e. The first-order valence-electron chi connectivity index (χ1n) is 6.34. The highest BCUT2D eigenvalue weighted by Crippen LogP contribution is 2.38. The van der Waals surface area contributed by atoms with Gasteiger partial charge in [-0.15, -0.1) is 0 Å². The molecular weight excluding hydrogens is 381 g/mol. The largest absolute Gasteiger partial charge is 0.422 e. The zero-order chi connectivity index (χ0) is 19.8. The molecule has 14 heteroatoms. The summed E-state index contributed by atoms with van der Waals surface area (Å²) >= 11 is 0. The number of carbonyl (C=O) groups is 1. The summed E-state index contributed by atoms with van der Waals surface area (Å²) in [6.07, 6.45) is -4.77. The van der Waals surface area contributed by atoms with Gasteiger partial charge in [-0.05, 0) is 4.92 Å². The Hall–Kier alpha value is -3.19. The van der Waals surface area contributed by atoms with E-state index in [1.165, 1.54) is 5.32 Å². The molecule has 0 unspecified atom stereocenters. The Morgan fingerprint density at radius 3 is 2.12 bits per heavy atom. The van der Waals surface area contributed by atoms with E-state index in [-0.39, 0.29) is 0 Å². The van der Waals surface area contributed by atoms with Crippen LogP contribution in [-0.2, 0) is 17.5 Å². The molecule has 1 aromatic heterocycles. The molecule has 0 aliphatic heterocycles. The van der Waals surface area contributed by atoms with Gasteiger partial charge >= 0.3 is 12.0 Å². The van der Waals surface area contributed by atoms with Crippen LogP contribution in [0.15, 0.2) is 12.3 Å². The molecule has 1 heterocycles. The molecule has 2 rings (SSSR count). The van der Waals surface area contributed by atoms with E-state index < -0.39 is 63.9 Å². The normalized spacial score (nSPS) is 11.5. The Bertz CT molecular complexity index is 865. The number of halogens is 7. The maximum atomic E-state index is 13.6. The molecule has 7 nitrogen and oxygen atoms in total. The molecule has 26 heavy (non-hydrogen) atoms. The van der Waals surface area contributed by atoms with Crippen LogP contribution in [0, 0.1) is 33.4 Å². The second-order valence-corrected chi connectivity index (χ2v) is 4.68. The summed E-state index contributed by atoms with van der Waals surface area (Å²) in [7, 11) is 0. The van der Waals surface area contributed by atoms with Gasteiger partial charge in [-0.3, -0.25) is 4.79 Å². The number of anilines is 1. The fourth-order valence-electron chi connectivity index (χ4n) is 1.85. The van der Waals surface area contributed by atoms with E-state index in [0.29, 0.717) is 4.68 Å². The van der Waals surface area contributed by atoms with E-state index in [0.717, 1.165) is 12.3 Å². The fraction of sp³-hybridized carbons (Fsp3) is 0.167. The van der Waals surface area contributed by atoms with Gasteiger partial charge in [-0.25, -0.2) is 17.6 Å². The monoisotopic (exact) mass is 386 g/mol. The quantitative estimate of drug-likeness (QED) is 0.379. The zero-order valence-electron chi connectivity index (χ0n) is 12.1. The topological polar surface area (TPSA) is 90.1 Å². The molecule has 0 spiro atoms. The van der Waals surface area contributed by atoms with Crippen LogP contribution in [0.25, 0.3) is 0 Å². The smallest absolute Gasteiger partial charge is 0.358 e. The van der Waals surface area contributed by atoms with Crippen molar-refractivity contribution < 1.29 is 40.5 Å². The zero-order valence-corrected chi connectivity index (χ0v) is 12.1. The highest BCUT2D eigenvalue weighted by Gasteiger charge is 2.42. The first-order chi connectivity index (χ1) is 11.9. The third kappa shape index (κ3) is 3.57. The molecule has 0 fully saturated rings. The number of nitro groups is 1. The van der Waals surface area contributed by atoms with E-state index >= 15 is 0 Å². The summed E-state index contributed by atoms with van der Waals surface area (Å²) in [5.41, 5.74) is -4.56. The lowest BCUT2D eigenvalue weighted by Crippen LogP contribution is -2.23. The van der Waals surface area contributed by atoms with Crippen molar-refractivity contribution in [1.29, 1.82) is 0 Å². The third-order valence-electron chi connectivity index (χ3n) is 2.93. The molecule has 0 saturated heterocycles. The number of hydrogen-bond acceptors (Lipinski definition) is 4. The van der Waals surface area contributed by atoms with Gasteiger partial charge in [0, 0.05) is 0 Å². The predicted octanol–water partition coefficient (Wildman–Crippen LogP) is 3.01. The number of benzene rings is 1. The van der Waals surface area contributed by atoms with Gasteiger partial charge in [0.25, 0.3) is 0 Å². The summed E-state index contributed by atoms with van der Waals surface area (Å²) in [6.45, 7) is -0.878. The lowest BCUT2D eigenvalue weighted by molar-refractivity contribution is -0.389. The van der Waals surface area contributed by atoms with Crippen LogP contribution in [0.3, 0.4) is 0 Å². The molecule has 0 aliphatic carbocycles. The molecule has 0 aliphatic rings. The van der Waals surface area contributed by atoms with Crippen LogP contribution in [0.5, 0.6) is 0 Å². The van der Waals surface area contributed by atoms with E-state index in [1.807, 2.05) is 0 Å². The van der Waals surface area contributed by atoms with Gasteiger partial charge in [0.2, 0.25) is 5.91 Å². The van der Waals surface area contributed by atoms with Gasteiger partial charge in [-0.1, -0.05) is 0 Å². The summed E-state index contributed by atoms with van der Waals surface area (Å²) < 4.78 is 92.1. The SMILES string of the molecule is O=C(Cn1ccc([N+](=O)[O-])n1)Nc1c(F)c(F)c(C(F)(F)F)c(F)c1F. The minimum atomic E-state index is -5.72. The molecule has 1 N–H and O–H groups in total. The molecule has 0 radical (unpaired) electrons. The molecule has 0 bridgehead atoms. The van der Waals surface area contributed by atoms with Crippen molar-refractivity contribution in [2.24, 2.45) is 0 Å². The fourth-order valence-corrected chi connectivity index (χ4v) is 1.85. The summed E-state index contributed by atoms with van der Waals surface area (Å²) in [5, 5.41) is 15.1. The van der Waals surface area contributed by atoms with Crippen molar-refractivity contribution in [1.82, 2.24) is 9.78 Å². The number of carbonyl (C=O) groups excluding carboxylic acids is 1. The average Bonchev–Trinajstić information content (AvgIpc) is 2.97. The molecule has 0 atom stereocenters. The Labute approximate surface area is 138 Å². The Morgan fingerprint density at radius 2 is 1.69 bits per heavy atom. The highest BCUT2D eigenvalue weighted by atomic mass is 19.4. The third-order valence-corrected chi connectivity index (χ3v) is 2.93. The number of aromatic nitrogens is 2. The molecule has 140 valence electrons. The van der Waals surface area contributed by atoms with Crippen LogP contribution >= 0.6 is 0 Å². The van der Waals surface area contributed by atoms with Gasteiger partial charge < -0.3 is 15.4 Å². The Morgan fingerprint density at radius 1 is 1.15 bits per heavy atom.